The van der Waals surface area contributed by atoms with E-state index in [-0.39, 0.29) is 5.56 Å². The van der Waals surface area contributed by atoms with E-state index in [4.69, 9.17) is 5.73 Å². The van der Waals surface area contributed by atoms with Crippen molar-refractivity contribution in [1.29, 1.82) is 0 Å². The molecule has 1 aromatic heterocycles. The molecule has 2 rings (SSSR count). The van der Waals surface area contributed by atoms with Gasteiger partial charge in [-0.1, -0.05) is 31.5 Å². The SMILES string of the molecule is Cc1cc(C)c(-n2[nH]c(CC(C)C)c(N)c2=O)c(C)c1. The molecule has 0 aliphatic carbocycles. The highest BCUT2D eigenvalue weighted by Crippen LogP contribution is 2.21. The molecule has 1 aromatic carbocycles. The summed E-state index contributed by atoms with van der Waals surface area (Å²) in [6, 6.07) is 4.15. The maximum atomic E-state index is 12.4. The smallest absolute Gasteiger partial charge is 0.294 e. The Morgan fingerprint density at radius 3 is 2.25 bits per heavy atom. The number of benzene rings is 1. The number of hydrogen-bond acceptors (Lipinski definition) is 2. The molecule has 4 heteroatoms. The highest BCUT2D eigenvalue weighted by atomic mass is 16.1. The number of nitrogens with one attached hydrogen (secondary N) is 1. The first-order valence-corrected chi connectivity index (χ1v) is 6.98. The van der Waals surface area contributed by atoms with Gasteiger partial charge in [0.25, 0.3) is 5.56 Å². The minimum absolute atomic E-state index is 0.157. The Morgan fingerprint density at radius 2 is 1.75 bits per heavy atom. The number of hydrogen-bond donors (Lipinski definition) is 2. The molecule has 108 valence electrons. The Bertz CT molecular complexity index is 669. The molecule has 4 nitrogen and oxygen atoms in total. The molecule has 0 aliphatic rings. The van der Waals surface area contributed by atoms with E-state index in [1.54, 1.807) is 4.68 Å². The number of anilines is 1. The van der Waals surface area contributed by atoms with E-state index in [9.17, 15) is 4.79 Å². The lowest BCUT2D eigenvalue weighted by Gasteiger charge is -2.11. The van der Waals surface area contributed by atoms with E-state index < -0.39 is 0 Å². The molecule has 0 aliphatic heterocycles. The van der Waals surface area contributed by atoms with Crippen molar-refractivity contribution in [2.45, 2.75) is 41.0 Å². The second-order valence-corrected chi connectivity index (χ2v) is 5.99. The Balaban J connectivity index is 2.63. The van der Waals surface area contributed by atoms with Crippen LogP contribution in [0.3, 0.4) is 0 Å². The molecule has 0 amide bonds. The molecule has 2 aromatic rings. The van der Waals surface area contributed by atoms with Crippen molar-refractivity contribution in [3.8, 4) is 5.69 Å². The molecular weight excluding hydrogens is 250 g/mol. The second kappa shape index (κ2) is 5.19. The van der Waals surface area contributed by atoms with Crippen LogP contribution < -0.4 is 11.3 Å². The van der Waals surface area contributed by atoms with Gasteiger partial charge in [-0.25, -0.2) is 4.68 Å². The Kier molecular flexibility index (Phi) is 3.75. The fourth-order valence-corrected chi connectivity index (χ4v) is 2.74. The maximum Gasteiger partial charge on any atom is 0.294 e. The van der Waals surface area contributed by atoms with Crippen molar-refractivity contribution in [3.05, 3.63) is 44.9 Å². The van der Waals surface area contributed by atoms with E-state index in [1.165, 1.54) is 5.56 Å². The van der Waals surface area contributed by atoms with E-state index in [0.717, 1.165) is 28.9 Å². The molecule has 20 heavy (non-hydrogen) atoms. The summed E-state index contributed by atoms with van der Waals surface area (Å²) in [5.74, 6) is 0.448. The fourth-order valence-electron chi connectivity index (χ4n) is 2.74. The number of aromatic nitrogens is 2. The molecule has 0 radical (unpaired) electrons. The van der Waals surface area contributed by atoms with Gasteiger partial charge in [-0.15, -0.1) is 0 Å². The molecule has 0 saturated heterocycles. The van der Waals surface area contributed by atoms with Gasteiger partial charge in [0.05, 0.1) is 11.4 Å². The van der Waals surface area contributed by atoms with Gasteiger partial charge in [-0.2, -0.15) is 0 Å². The second-order valence-electron chi connectivity index (χ2n) is 5.99. The van der Waals surface area contributed by atoms with Crippen molar-refractivity contribution < 1.29 is 0 Å². The van der Waals surface area contributed by atoms with Gasteiger partial charge >= 0.3 is 0 Å². The standard InChI is InChI=1S/C16H23N3O/c1-9(2)6-13-14(17)16(20)19(18-13)15-11(4)7-10(3)8-12(15)5/h7-9,18H,6,17H2,1-5H3. The molecule has 0 unspecified atom stereocenters. The third-order valence-corrected chi connectivity index (χ3v) is 3.48. The van der Waals surface area contributed by atoms with Gasteiger partial charge in [0.2, 0.25) is 0 Å². The van der Waals surface area contributed by atoms with Crippen LogP contribution in [0.1, 0.15) is 36.2 Å². The van der Waals surface area contributed by atoms with Crippen LogP contribution in [0, 0.1) is 26.7 Å². The Labute approximate surface area is 119 Å². The van der Waals surface area contributed by atoms with Crippen LogP contribution in [0.4, 0.5) is 5.69 Å². The fraction of sp³-hybridized carbons (Fsp3) is 0.438. The van der Waals surface area contributed by atoms with E-state index >= 15 is 0 Å². The van der Waals surface area contributed by atoms with Crippen LogP contribution in [0.25, 0.3) is 5.69 Å². The zero-order valence-corrected chi connectivity index (χ0v) is 12.9. The molecule has 3 N–H and O–H groups in total. The maximum absolute atomic E-state index is 12.4. The van der Waals surface area contributed by atoms with Crippen LogP contribution in [0.2, 0.25) is 0 Å². The van der Waals surface area contributed by atoms with Crippen molar-refractivity contribution in [2.75, 3.05) is 5.73 Å². The van der Waals surface area contributed by atoms with Gasteiger partial charge in [-0.3, -0.25) is 9.89 Å². The molecule has 0 fully saturated rings. The first kappa shape index (κ1) is 14.4. The average molecular weight is 273 g/mol. The summed E-state index contributed by atoms with van der Waals surface area (Å²) in [6.45, 7) is 10.3. The summed E-state index contributed by atoms with van der Waals surface area (Å²) >= 11 is 0. The van der Waals surface area contributed by atoms with E-state index in [0.29, 0.717) is 11.6 Å². The van der Waals surface area contributed by atoms with Gasteiger partial charge in [0.1, 0.15) is 5.69 Å². The van der Waals surface area contributed by atoms with E-state index in [1.807, 2.05) is 13.8 Å². The number of aromatic amines is 1. The van der Waals surface area contributed by atoms with Crippen LogP contribution in [-0.4, -0.2) is 9.78 Å². The monoisotopic (exact) mass is 273 g/mol. The first-order chi connectivity index (χ1) is 9.31. The number of nitrogens with zero attached hydrogens (tertiary/aromatic N) is 1. The third kappa shape index (κ3) is 2.50. The molecule has 0 bridgehead atoms. The lowest BCUT2D eigenvalue weighted by Crippen LogP contribution is -2.18. The number of H-pyrrole nitrogens is 1. The molecular formula is C16H23N3O. The molecule has 0 spiro atoms. The first-order valence-electron chi connectivity index (χ1n) is 6.98. The van der Waals surface area contributed by atoms with Gasteiger partial charge in [0, 0.05) is 0 Å². The largest absolute Gasteiger partial charge is 0.393 e. The van der Waals surface area contributed by atoms with Crippen LogP contribution in [0.5, 0.6) is 0 Å². The predicted molar refractivity (Wildman–Crippen MR) is 83.6 cm³/mol. The van der Waals surface area contributed by atoms with E-state index in [2.05, 4.69) is 38.0 Å². The molecule has 0 saturated carbocycles. The topological polar surface area (TPSA) is 63.8 Å². The van der Waals surface area contributed by atoms with Gasteiger partial charge < -0.3 is 5.73 Å². The highest BCUT2D eigenvalue weighted by Gasteiger charge is 2.16. The third-order valence-electron chi connectivity index (χ3n) is 3.48. The summed E-state index contributed by atoms with van der Waals surface area (Å²) in [4.78, 5) is 12.4. The Morgan fingerprint density at radius 1 is 1.20 bits per heavy atom. The predicted octanol–water partition coefficient (Wildman–Crippen LogP) is 2.87. The summed E-state index contributed by atoms with van der Waals surface area (Å²) in [5, 5.41) is 3.18. The normalized spacial score (nSPS) is 11.3. The van der Waals surface area contributed by atoms with Crippen LogP contribution in [-0.2, 0) is 6.42 Å². The summed E-state index contributed by atoms with van der Waals surface area (Å²) in [5.41, 5.74) is 11.2. The summed E-state index contributed by atoms with van der Waals surface area (Å²) < 4.78 is 1.58. The minimum Gasteiger partial charge on any atom is -0.393 e. The van der Waals surface area contributed by atoms with Crippen LogP contribution in [0.15, 0.2) is 16.9 Å². The van der Waals surface area contributed by atoms with Crippen LogP contribution >= 0.6 is 0 Å². The van der Waals surface area contributed by atoms with Crippen molar-refractivity contribution in [3.63, 3.8) is 0 Å². The number of aryl methyl sites for hydroxylation is 3. The lowest BCUT2D eigenvalue weighted by atomic mass is 10.1. The number of rotatable bonds is 3. The number of nitrogens with two attached hydrogens (primary N) is 1. The highest BCUT2D eigenvalue weighted by molar-refractivity contribution is 5.52. The Hall–Kier alpha value is -1.97. The average Bonchev–Trinajstić information content (AvgIpc) is 2.56. The lowest BCUT2D eigenvalue weighted by molar-refractivity contribution is 0.628. The number of nitrogen functional groups attached to an aromatic ring is 1. The molecule has 1 heterocycles. The summed E-state index contributed by atoms with van der Waals surface area (Å²) in [6.07, 6.45) is 0.776. The summed E-state index contributed by atoms with van der Waals surface area (Å²) in [7, 11) is 0. The van der Waals surface area contributed by atoms with Crippen molar-refractivity contribution >= 4 is 5.69 Å². The zero-order chi connectivity index (χ0) is 15.0. The van der Waals surface area contributed by atoms with Gasteiger partial charge in [0.15, 0.2) is 0 Å². The zero-order valence-electron chi connectivity index (χ0n) is 12.9. The van der Waals surface area contributed by atoms with Crippen molar-refractivity contribution in [2.24, 2.45) is 5.92 Å². The minimum atomic E-state index is -0.157. The quantitative estimate of drug-likeness (QED) is 0.903. The van der Waals surface area contributed by atoms with Gasteiger partial charge in [-0.05, 0) is 44.2 Å². The van der Waals surface area contributed by atoms with Crippen molar-refractivity contribution in [1.82, 2.24) is 9.78 Å². The molecule has 0 atom stereocenters.